The summed E-state index contributed by atoms with van der Waals surface area (Å²) in [6, 6.07) is 7.89. The summed E-state index contributed by atoms with van der Waals surface area (Å²) in [4.78, 5) is 26.8. The molecule has 1 aromatic carbocycles. The number of nitrogens with one attached hydrogen (secondary N) is 1. The van der Waals surface area contributed by atoms with Crippen molar-refractivity contribution in [3.05, 3.63) is 24.3 Å². The molecule has 6 heteroatoms. The van der Waals surface area contributed by atoms with Crippen molar-refractivity contribution in [1.29, 1.82) is 0 Å². The maximum atomic E-state index is 12.3. The molecule has 1 aliphatic rings. The average Bonchev–Trinajstić information content (AvgIpc) is 2.52. The topological polar surface area (TPSA) is 58.6 Å². The Balaban J connectivity index is 1.86. The van der Waals surface area contributed by atoms with Gasteiger partial charge in [0.05, 0.1) is 12.3 Å². The molecule has 1 N–H and O–H groups in total. The number of thioether (sulfide) groups is 1. The van der Waals surface area contributed by atoms with E-state index in [9.17, 15) is 9.59 Å². The quantitative estimate of drug-likeness (QED) is 0.812. The zero-order valence-electron chi connectivity index (χ0n) is 12.1. The lowest BCUT2D eigenvalue weighted by Crippen LogP contribution is -2.36. The first-order valence-corrected chi connectivity index (χ1v) is 7.99. The minimum Gasteiger partial charge on any atom is -0.383 e. The lowest BCUT2D eigenvalue weighted by atomic mass is 10.2. The van der Waals surface area contributed by atoms with Crippen molar-refractivity contribution in [2.75, 3.05) is 37.5 Å². The Morgan fingerprint density at radius 2 is 2.14 bits per heavy atom. The molecule has 2 rings (SSSR count). The number of carbonyl (C=O) groups is 2. The summed E-state index contributed by atoms with van der Waals surface area (Å²) in [6.45, 7) is 1.66. The van der Waals surface area contributed by atoms with E-state index in [4.69, 9.17) is 4.74 Å². The predicted octanol–water partition coefficient (Wildman–Crippen LogP) is 1.67. The number of anilines is 1. The van der Waals surface area contributed by atoms with Crippen LogP contribution in [0.2, 0.25) is 0 Å². The number of hydrogen-bond donors (Lipinski definition) is 1. The number of amides is 2. The van der Waals surface area contributed by atoms with Gasteiger partial charge in [-0.25, -0.2) is 0 Å². The third-order valence-electron chi connectivity index (χ3n) is 3.22. The first-order valence-electron chi connectivity index (χ1n) is 7.00. The number of fused-ring (bicyclic) bond motifs is 1. The summed E-state index contributed by atoms with van der Waals surface area (Å²) in [7, 11) is 1.58. The first-order chi connectivity index (χ1) is 10.2. The van der Waals surface area contributed by atoms with Gasteiger partial charge < -0.3 is 15.0 Å². The van der Waals surface area contributed by atoms with Crippen LogP contribution >= 0.6 is 11.8 Å². The monoisotopic (exact) mass is 308 g/mol. The number of methoxy groups -OCH3 is 1. The standard InChI is InChI=1S/C15H20N2O3S/c1-20-10-8-16-14(18)6-7-15(19)17-9-11-21-13-5-3-2-4-12(13)17/h2-5H,6-11H2,1H3,(H,16,18). The van der Waals surface area contributed by atoms with E-state index in [1.165, 1.54) is 0 Å². The normalized spacial score (nSPS) is 13.7. The minimum atomic E-state index is -0.111. The maximum Gasteiger partial charge on any atom is 0.227 e. The molecule has 0 bridgehead atoms. The van der Waals surface area contributed by atoms with Gasteiger partial charge in [0, 0.05) is 43.7 Å². The van der Waals surface area contributed by atoms with Crippen LogP contribution in [-0.4, -0.2) is 44.4 Å². The molecule has 0 unspecified atom stereocenters. The summed E-state index contributed by atoms with van der Waals surface area (Å²) in [5, 5.41) is 2.72. The molecule has 0 aliphatic carbocycles. The smallest absolute Gasteiger partial charge is 0.227 e. The molecule has 1 aliphatic heterocycles. The molecule has 5 nitrogen and oxygen atoms in total. The van der Waals surface area contributed by atoms with Crippen molar-refractivity contribution in [1.82, 2.24) is 5.32 Å². The fourth-order valence-corrected chi connectivity index (χ4v) is 3.16. The molecule has 0 spiro atoms. The summed E-state index contributed by atoms with van der Waals surface area (Å²) < 4.78 is 4.86. The highest BCUT2D eigenvalue weighted by Crippen LogP contribution is 2.34. The second kappa shape index (κ2) is 8.05. The van der Waals surface area contributed by atoms with Crippen molar-refractivity contribution in [3.63, 3.8) is 0 Å². The van der Waals surface area contributed by atoms with E-state index < -0.39 is 0 Å². The third-order valence-corrected chi connectivity index (χ3v) is 4.27. The molecule has 21 heavy (non-hydrogen) atoms. The van der Waals surface area contributed by atoms with Crippen LogP contribution in [0.1, 0.15) is 12.8 Å². The van der Waals surface area contributed by atoms with Crippen LogP contribution in [0.5, 0.6) is 0 Å². The Bertz CT molecular complexity index is 507. The van der Waals surface area contributed by atoms with Gasteiger partial charge in [0.2, 0.25) is 11.8 Å². The van der Waals surface area contributed by atoms with Gasteiger partial charge in [-0.05, 0) is 12.1 Å². The molecule has 0 saturated carbocycles. The lowest BCUT2D eigenvalue weighted by molar-refractivity contribution is -0.125. The van der Waals surface area contributed by atoms with E-state index >= 15 is 0 Å². The van der Waals surface area contributed by atoms with Crippen LogP contribution in [0.4, 0.5) is 5.69 Å². The second-order valence-corrected chi connectivity index (χ2v) is 5.84. The Morgan fingerprint density at radius 3 is 2.95 bits per heavy atom. The Hall–Kier alpha value is -1.53. The van der Waals surface area contributed by atoms with E-state index in [1.54, 1.807) is 23.8 Å². The van der Waals surface area contributed by atoms with Gasteiger partial charge in [0.1, 0.15) is 0 Å². The van der Waals surface area contributed by atoms with E-state index in [0.29, 0.717) is 19.7 Å². The Labute approximate surface area is 129 Å². The van der Waals surface area contributed by atoms with E-state index in [0.717, 1.165) is 16.3 Å². The summed E-state index contributed by atoms with van der Waals surface area (Å²) in [5.74, 6) is 0.785. The number of carbonyl (C=O) groups excluding carboxylic acids is 2. The van der Waals surface area contributed by atoms with Gasteiger partial charge in [0.15, 0.2) is 0 Å². The summed E-state index contributed by atoms with van der Waals surface area (Å²) >= 11 is 1.76. The van der Waals surface area contributed by atoms with Crippen LogP contribution < -0.4 is 10.2 Å². The highest BCUT2D eigenvalue weighted by Gasteiger charge is 2.22. The van der Waals surface area contributed by atoms with Crippen molar-refractivity contribution < 1.29 is 14.3 Å². The second-order valence-electron chi connectivity index (χ2n) is 4.70. The van der Waals surface area contributed by atoms with E-state index in [1.807, 2.05) is 24.3 Å². The molecular weight excluding hydrogens is 288 g/mol. The van der Waals surface area contributed by atoms with Crippen LogP contribution in [0.3, 0.4) is 0 Å². The average molecular weight is 308 g/mol. The molecule has 0 saturated heterocycles. The highest BCUT2D eigenvalue weighted by molar-refractivity contribution is 7.99. The molecule has 0 atom stereocenters. The number of rotatable bonds is 6. The molecular formula is C15H20N2O3S. The molecule has 0 radical (unpaired) electrons. The van der Waals surface area contributed by atoms with Gasteiger partial charge >= 0.3 is 0 Å². The molecule has 0 fully saturated rings. The largest absolute Gasteiger partial charge is 0.383 e. The molecule has 1 aromatic rings. The first kappa shape index (κ1) is 15.9. The van der Waals surface area contributed by atoms with Crippen LogP contribution in [0, 0.1) is 0 Å². The van der Waals surface area contributed by atoms with Gasteiger partial charge in [-0.2, -0.15) is 0 Å². The van der Waals surface area contributed by atoms with Crippen molar-refractivity contribution in [2.45, 2.75) is 17.7 Å². The third kappa shape index (κ3) is 4.47. The number of benzene rings is 1. The fourth-order valence-electron chi connectivity index (χ4n) is 2.16. The summed E-state index contributed by atoms with van der Waals surface area (Å²) in [6.07, 6.45) is 0.451. The van der Waals surface area contributed by atoms with Gasteiger partial charge in [-0.1, -0.05) is 12.1 Å². The zero-order valence-corrected chi connectivity index (χ0v) is 12.9. The van der Waals surface area contributed by atoms with E-state index in [2.05, 4.69) is 5.32 Å². The van der Waals surface area contributed by atoms with Crippen LogP contribution in [0.15, 0.2) is 29.2 Å². The van der Waals surface area contributed by atoms with Crippen LogP contribution in [0.25, 0.3) is 0 Å². The molecule has 2 amide bonds. The van der Waals surface area contributed by atoms with Crippen molar-refractivity contribution in [3.8, 4) is 0 Å². The number of ether oxygens (including phenoxy) is 1. The SMILES string of the molecule is COCCNC(=O)CCC(=O)N1CCSc2ccccc21. The van der Waals surface area contributed by atoms with Crippen LogP contribution in [-0.2, 0) is 14.3 Å². The van der Waals surface area contributed by atoms with Crippen molar-refractivity contribution >= 4 is 29.3 Å². The van der Waals surface area contributed by atoms with Gasteiger partial charge in [-0.3, -0.25) is 9.59 Å². The number of nitrogens with zero attached hydrogens (tertiary/aromatic N) is 1. The predicted molar refractivity (Wildman–Crippen MR) is 83.6 cm³/mol. The lowest BCUT2D eigenvalue weighted by Gasteiger charge is -2.29. The van der Waals surface area contributed by atoms with Gasteiger partial charge in [-0.15, -0.1) is 11.8 Å². The zero-order chi connectivity index (χ0) is 15.1. The molecule has 0 aromatic heterocycles. The number of para-hydroxylation sites is 1. The van der Waals surface area contributed by atoms with E-state index in [-0.39, 0.29) is 24.7 Å². The Morgan fingerprint density at radius 1 is 1.33 bits per heavy atom. The number of hydrogen-bond acceptors (Lipinski definition) is 4. The minimum absolute atomic E-state index is 0.00430. The maximum absolute atomic E-state index is 12.3. The van der Waals surface area contributed by atoms with Crippen molar-refractivity contribution in [2.24, 2.45) is 0 Å². The summed E-state index contributed by atoms with van der Waals surface area (Å²) in [5.41, 5.74) is 0.957. The Kier molecular flexibility index (Phi) is 6.07. The fraction of sp³-hybridized carbons (Fsp3) is 0.467. The highest BCUT2D eigenvalue weighted by atomic mass is 32.2. The molecule has 114 valence electrons. The molecule has 1 heterocycles. The van der Waals surface area contributed by atoms with Gasteiger partial charge in [0.25, 0.3) is 0 Å².